The van der Waals surface area contributed by atoms with Crippen LogP contribution >= 0.6 is 0 Å². The zero-order chi connectivity index (χ0) is 21.9. The number of nitrogens with one attached hydrogen (secondary N) is 1. The largest absolute Gasteiger partial charge is 0.469 e. The lowest BCUT2D eigenvalue weighted by Crippen LogP contribution is -2.20. The number of ether oxygens (including phenoxy) is 1. The number of carbonyl (C=O) groups is 2. The number of hydrogen-bond acceptors (Lipinski definition) is 4. The van der Waals surface area contributed by atoms with Crippen molar-refractivity contribution >= 4 is 17.6 Å². The van der Waals surface area contributed by atoms with Crippen molar-refractivity contribution in [3.05, 3.63) is 77.4 Å². The predicted octanol–water partition coefficient (Wildman–Crippen LogP) is 4.00. The average molecular weight is 421 g/mol. The van der Waals surface area contributed by atoms with Crippen LogP contribution in [0.25, 0.3) is 5.69 Å². The van der Waals surface area contributed by atoms with Crippen LogP contribution < -0.4 is 5.32 Å². The van der Waals surface area contributed by atoms with Crippen molar-refractivity contribution in [3.8, 4) is 5.69 Å². The molecule has 1 heterocycles. The molecular weight excluding hydrogens is 406 g/mol. The maximum atomic E-state index is 13.7. The highest BCUT2D eigenvalue weighted by atomic mass is 19.4. The van der Waals surface area contributed by atoms with Gasteiger partial charge in [-0.05, 0) is 42.0 Å². The maximum Gasteiger partial charge on any atom is 0.434 e. The van der Waals surface area contributed by atoms with E-state index in [0.29, 0.717) is 10.2 Å². The smallest absolute Gasteiger partial charge is 0.434 e. The number of halogens is 4. The number of methoxy groups -OCH3 is 1. The Bertz CT molecular complexity index is 1060. The van der Waals surface area contributed by atoms with Gasteiger partial charge in [0.05, 0.1) is 31.0 Å². The van der Waals surface area contributed by atoms with Crippen molar-refractivity contribution < 1.29 is 31.9 Å². The molecule has 0 radical (unpaired) electrons. The third-order valence-electron chi connectivity index (χ3n) is 4.14. The molecule has 0 spiro atoms. The van der Waals surface area contributed by atoms with Gasteiger partial charge in [-0.25, -0.2) is 9.07 Å². The fourth-order valence-corrected chi connectivity index (χ4v) is 2.71. The van der Waals surface area contributed by atoms with Gasteiger partial charge in [-0.1, -0.05) is 12.1 Å². The fourth-order valence-electron chi connectivity index (χ4n) is 2.71. The van der Waals surface area contributed by atoms with Gasteiger partial charge in [0.2, 0.25) is 0 Å². The molecule has 1 aromatic heterocycles. The van der Waals surface area contributed by atoms with E-state index in [9.17, 15) is 27.2 Å². The number of anilines is 1. The van der Waals surface area contributed by atoms with Crippen molar-refractivity contribution in [2.45, 2.75) is 12.6 Å². The van der Waals surface area contributed by atoms with E-state index in [1.54, 1.807) is 12.1 Å². The topological polar surface area (TPSA) is 73.2 Å². The molecule has 3 rings (SSSR count). The lowest BCUT2D eigenvalue weighted by Gasteiger charge is -2.13. The molecular formula is C20H15F4N3O3. The van der Waals surface area contributed by atoms with E-state index in [1.807, 2.05) is 0 Å². The summed E-state index contributed by atoms with van der Waals surface area (Å²) in [5.41, 5.74) is -1.18. The molecule has 1 amide bonds. The summed E-state index contributed by atoms with van der Waals surface area (Å²) in [6, 6.07) is 10.2. The van der Waals surface area contributed by atoms with Gasteiger partial charge >= 0.3 is 12.1 Å². The Kier molecular flexibility index (Phi) is 5.86. The maximum absolute atomic E-state index is 13.7. The number of rotatable bonds is 5. The Hall–Kier alpha value is -3.69. The Morgan fingerprint density at radius 1 is 1.07 bits per heavy atom. The number of benzene rings is 2. The number of hydrogen-bond donors (Lipinski definition) is 1. The second kappa shape index (κ2) is 8.36. The molecule has 0 aliphatic carbocycles. The second-order valence-electron chi connectivity index (χ2n) is 6.20. The fraction of sp³-hybridized carbons (Fsp3) is 0.150. The van der Waals surface area contributed by atoms with Crippen LogP contribution in [0.3, 0.4) is 0 Å². The van der Waals surface area contributed by atoms with Crippen LogP contribution in [0, 0.1) is 5.82 Å². The average Bonchev–Trinajstić information content (AvgIpc) is 3.16. The molecule has 0 atom stereocenters. The van der Waals surface area contributed by atoms with E-state index < -0.39 is 35.1 Å². The van der Waals surface area contributed by atoms with E-state index in [4.69, 9.17) is 0 Å². The first-order valence-corrected chi connectivity index (χ1v) is 8.57. The summed E-state index contributed by atoms with van der Waals surface area (Å²) in [6.07, 6.45) is -4.07. The Morgan fingerprint density at radius 2 is 1.70 bits per heavy atom. The molecule has 1 N–H and O–H groups in total. The van der Waals surface area contributed by atoms with Crippen molar-refractivity contribution in [2.75, 3.05) is 12.4 Å². The number of nitrogens with zero attached hydrogens (tertiary/aromatic N) is 2. The summed E-state index contributed by atoms with van der Waals surface area (Å²) in [7, 11) is 1.25. The Morgan fingerprint density at radius 3 is 2.27 bits per heavy atom. The van der Waals surface area contributed by atoms with Gasteiger partial charge in [-0.15, -0.1) is 0 Å². The summed E-state index contributed by atoms with van der Waals surface area (Å²) >= 11 is 0. The monoisotopic (exact) mass is 421 g/mol. The Balaban J connectivity index is 1.87. The van der Waals surface area contributed by atoms with Crippen molar-refractivity contribution in [2.24, 2.45) is 0 Å². The quantitative estimate of drug-likeness (QED) is 0.499. The first-order valence-electron chi connectivity index (χ1n) is 8.57. The van der Waals surface area contributed by atoms with Crippen LogP contribution in [0.4, 0.5) is 23.2 Å². The van der Waals surface area contributed by atoms with E-state index in [-0.39, 0.29) is 17.8 Å². The van der Waals surface area contributed by atoms with Gasteiger partial charge in [-0.2, -0.15) is 18.3 Å². The number of aromatic nitrogens is 2. The minimum atomic E-state index is -4.89. The van der Waals surface area contributed by atoms with Crippen LogP contribution in [-0.2, 0) is 22.1 Å². The number of amides is 1. The molecule has 0 saturated carbocycles. The molecule has 0 aliphatic heterocycles. The van der Waals surface area contributed by atoms with Crippen molar-refractivity contribution in [3.63, 3.8) is 0 Å². The highest BCUT2D eigenvalue weighted by Crippen LogP contribution is 2.34. The van der Waals surface area contributed by atoms with E-state index in [0.717, 1.165) is 30.5 Å². The van der Waals surface area contributed by atoms with Crippen molar-refractivity contribution in [1.82, 2.24) is 9.78 Å². The SMILES string of the molecule is COC(=O)Cc1ccc(NC(=O)c2cnn(-c3ccc(F)cc3)c2C(F)(F)F)cc1. The molecule has 0 aliphatic rings. The lowest BCUT2D eigenvalue weighted by molar-refractivity contribution is -0.143. The zero-order valence-corrected chi connectivity index (χ0v) is 15.5. The Labute approximate surface area is 168 Å². The van der Waals surface area contributed by atoms with Crippen LogP contribution in [0.1, 0.15) is 21.6 Å². The van der Waals surface area contributed by atoms with Crippen LogP contribution in [0.15, 0.2) is 54.7 Å². The zero-order valence-electron chi connectivity index (χ0n) is 15.5. The molecule has 0 bridgehead atoms. The summed E-state index contributed by atoms with van der Waals surface area (Å²) in [4.78, 5) is 23.8. The molecule has 30 heavy (non-hydrogen) atoms. The molecule has 0 unspecified atom stereocenters. The molecule has 3 aromatic rings. The number of alkyl halides is 3. The highest BCUT2D eigenvalue weighted by Gasteiger charge is 2.40. The van der Waals surface area contributed by atoms with Crippen molar-refractivity contribution in [1.29, 1.82) is 0 Å². The third kappa shape index (κ3) is 4.65. The molecule has 156 valence electrons. The minimum Gasteiger partial charge on any atom is -0.469 e. The normalized spacial score (nSPS) is 11.2. The van der Waals surface area contributed by atoms with E-state index >= 15 is 0 Å². The van der Waals surface area contributed by atoms with Gasteiger partial charge in [0, 0.05) is 5.69 Å². The second-order valence-corrected chi connectivity index (χ2v) is 6.20. The van der Waals surface area contributed by atoms with Gasteiger partial charge in [-0.3, -0.25) is 9.59 Å². The standard InChI is InChI=1S/C20H15F4N3O3/c1-30-17(28)10-12-2-6-14(7-3-12)26-19(29)16-11-25-27(18(16)20(22,23)24)15-8-4-13(21)5-9-15/h2-9,11H,10H2,1H3,(H,26,29). The molecule has 0 saturated heterocycles. The lowest BCUT2D eigenvalue weighted by atomic mass is 10.1. The summed E-state index contributed by atoms with van der Waals surface area (Å²) in [5, 5.41) is 6.03. The number of esters is 1. The van der Waals surface area contributed by atoms with Gasteiger partial charge < -0.3 is 10.1 Å². The summed E-state index contributed by atoms with van der Waals surface area (Å²) < 4.78 is 59.1. The van der Waals surface area contributed by atoms with E-state index in [1.165, 1.54) is 19.2 Å². The van der Waals surface area contributed by atoms with Gasteiger partial charge in [0.1, 0.15) is 5.82 Å². The van der Waals surface area contributed by atoms with Gasteiger partial charge in [0.15, 0.2) is 5.69 Å². The highest BCUT2D eigenvalue weighted by molar-refractivity contribution is 6.05. The minimum absolute atomic E-state index is 0.0212. The molecule has 10 heteroatoms. The molecule has 6 nitrogen and oxygen atoms in total. The predicted molar refractivity (Wildman–Crippen MR) is 98.6 cm³/mol. The van der Waals surface area contributed by atoms with Crippen LogP contribution in [0.5, 0.6) is 0 Å². The molecule has 2 aromatic carbocycles. The first-order chi connectivity index (χ1) is 14.2. The first kappa shape index (κ1) is 21.0. The van der Waals surface area contributed by atoms with Crippen LogP contribution in [0.2, 0.25) is 0 Å². The number of carbonyl (C=O) groups excluding carboxylic acids is 2. The van der Waals surface area contributed by atoms with E-state index in [2.05, 4.69) is 15.2 Å². The summed E-state index contributed by atoms with van der Waals surface area (Å²) in [5.74, 6) is -2.08. The summed E-state index contributed by atoms with van der Waals surface area (Å²) in [6.45, 7) is 0. The van der Waals surface area contributed by atoms with Crippen LogP contribution in [-0.4, -0.2) is 28.8 Å². The third-order valence-corrected chi connectivity index (χ3v) is 4.14. The molecule has 0 fully saturated rings. The van der Waals surface area contributed by atoms with Gasteiger partial charge in [0.25, 0.3) is 5.91 Å².